The number of hydrogen-bond acceptors (Lipinski definition) is 4. The van der Waals surface area contributed by atoms with Crippen LogP contribution < -0.4 is 10.1 Å². The Hall–Kier alpha value is -2.04. The molecule has 0 radical (unpaired) electrons. The number of carbonyl (C=O) groups is 2. The first-order chi connectivity index (χ1) is 11.8. The molecule has 25 heavy (non-hydrogen) atoms. The highest BCUT2D eigenvalue weighted by Crippen LogP contribution is 2.29. The van der Waals surface area contributed by atoms with Crippen LogP contribution in [-0.2, 0) is 9.53 Å². The number of hydrogen-bond donors (Lipinski definition) is 1. The number of esters is 1. The first kappa shape index (κ1) is 19.3. The maximum atomic E-state index is 12.4. The molecule has 0 heterocycles. The molecule has 0 aliphatic heterocycles. The highest BCUT2D eigenvalue weighted by atomic mass is 16.5. The topological polar surface area (TPSA) is 64.6 Å². The van der Waals surface area contributed by atoms with Gasteiger partial charge in [-0.25, -0.2) is 4.79 Å². The number of rotatable bonds is 5. The molecule has 1 aliphatic rings. The highest BCUT2D eigenvalue weighted by molar-refractivity contribution is 5.94. The minimum absolute atomic E-state index is 0.144. The van der Waals surface area contributed by atoms with Crippen molar-refractivity contribution in [3.8, 4) is 5.75 Å². The Kier molecular flexibility index (Phi) is 6.45. The summed E-state index contributed by atoms with van der Waals surface area (Å²) in [7, 11) is 1.50. The third-order valence-corrected chi connectivity index (χ3v) is 5.26. The summed E-state index contributed by atoms with van der Waals surface area (Å²) in [4.78, 5) is 24.8. The number of carbonyl (C=O) groups excluding carboxylic acids is 2. The Morgan fingerprint density at radius 2 is 1.96 bits per heavy atom. The normalized spacial score (nSPS) is 24.3. The van der Waals surface area contributed by atoms with E-state index < -0.39 is 12.1 Å². The fourth-order valence-corrected chi connectivity index (χ4v) is 3.34. The van der Waals surface area contributed by atoms with Gasteiger partial charge in [0.1, 0.15) is 11.3 Å². The van der Waals surface area contributed by atoms with Gasteiger partial charge in [0.15, 0.2) is 6.10 Å². The van der Waals surface area contributed by atoms with Crippen LogP contribution in [0.1, 0.15) is 56.0 Å². The van der Waals surface area contributed by atoms with Gasteiger partial charge in [0, 0.05) is 6.04 Å². The van der Waals surface area contributed by atoms with Gasteiger partial charge < -0.3 is 14.8 Å². The average molecular weight is 347 g/mol. The van der Waals surface area contributed by atoms with Crippen molar-refractivity contribution < 1.29 is 19.1 Å². The van der Waals surface area contributed by atoms with E-state index in [9.17, 15) is 9.59 Å². The van der Waals surface area contributed by atoms with Crippen LogP contribution in [0.3, 0.4) is 0 Å². The van der Waals surface area contributed by atoms with E-state index >= 15 is 0 Å². The number of nitrogens with one attached hydrogen (secondary N) is 1. The molecule has 0 spiro atoms. The van der Waals surface area contributed by atoms with E-state index in [2.05, 4.69) is 19.2 Å². The second kappa shape index (κ2) is 8.37. The first-order valence-corrected chi connectivity index (χ1v) is 8.99. The number of amides is 1. The summed E-state index contributed by atoms with van der Waals surface area (Å²) in [5.41, 5.74) is 1.26. The summed E-state index contributed by atoms with van der Waals surface area (Å²) < 4.78 is 10.6. The summed E-state index contributed by atoms with van der Waals surface area (Å²) >= 11 is 0. The molecule has 5 heteroatoms. The smallest absolute Gasteiger partial charge is 0.342 e. The van der Waals surface area contributed by atoms with Gasteiger partial charge in [0.2, 0.25) is 0 Å². The lowest BCUT2D eigenvalue weighted by Gasteiger charge is -2.35. The Labute approximate surface area is 150 Å². The van der Waals surface area contributed by atoms with Gasteiger partial charge >= 0.3 is 5.97 Å². The molecule has 1 saturated carbocycles. The predicted octanol–water partition coefficient (Wildman–Crippen LogP) is 3.49. The largest absolute Gasteiger partial charge is 0.496 e. The molecule has 5 nitrogen and oxygen atoms in total. The molecule has 1 fully saturated rings. The maximum Gasteiger partial charge on any atom is 0.342 e. The van der Waals surface area contributed by atoms with Crippen LogP contribution >= 0.6 is 0 Å². The fraction of sp³-hybridized carbons (Fsp3) is 0.600. The third-order valence-electron chi connectivity index (χ3n) is 5.26. The van der Waals surface area contributed by atoms with Gasteiger partial charge in [0.05, 0.1) is 7.11 Å². The van der Waals surface area contributed by atoms with E-state index in [0.29, 0.717) is 23.1 Å². The highest BCUT2D eigenvalue weighted by Gasteiger charge is 2.30. The van der Waals surface area contributed by atoms with Crippen molar-refractivity contribution in [3.05, 3.63) is 29.3 Å². The van der Waals surface area contributed by atoms with Crippen LogP contribution in [0, 0.1) is 18.8 Å². The third kappa shape index (κ3) is 4.74. The Morgan fingerprint density at radius 1 is 1.24 bits per heavy atom. The van der Waals surface area contributed by atoms with Gasteiger partial charge in [-0.15, -0.1) is 0 Å². The zero-order valence-corrected chi connectivity index (χ0v) is 15.8. The van der Waals surface area contributed by atoms with E-state index in [-0.39, 0.29) is 11.9 Å². The molecule has 0 unspecified atom stereocenters. The minimum atomic E-state index is -0.845. The SMILES string of the molecule is COc1ccc(C)cc1C(=O)O[C@H](C)C(=O)N[C@@H]1CCC[C@H](C)[C@@H]1C. The van der Waals surface area contributed by atoms with Gasteiger partial charge in [-0.1, -0.05) is 38.3 Å². The van der Waals surface area contributed by atoms with Crippen molar-refractivity contribution in [2.24, 2.45) is 11.8 Å². The summed E-state index contributed by atoms with van der Waals surface area (Å²) in [5.74, 6) is 0.669. The monoisotopic (exact) mass is 347 g/mol. The molecular formula is C20H29NO4. The van der Waals surface area contributed by atoms with Crippen molar-refractivity contribution in [1.29, 1.82) is 0 Å². The molecule has 4 atom stereocenters. The quantitative estimate of drug-likeness (QED) is 0.828. The van der Waals surface area contributed by atoms with Crippen molar-refractivity contribution in [3.63, 3.8) is 0 Å². The van der Waals surface area contributed by atoms with E-state index in [1.54, 1.807) is 19.1 Å². The number of ether oxygens (including phenoxy) is 2. The van der Waals surface area contributed by atoms with Crippen LogP contribution in [0.4, 0.5) is 0 Å². The van der Waals surface area contributed by atoms with Crippen LogP contribution in [0.5, 0.6) is 5.75 Å². The molecule has 0 saturated heterocycles. The molecule has 2 rings (SSSR count). The predicted molar refractivity (Wildman–Crippen MR) is 96.7 cm³/mol. The summed E-state index contributed by atoms with van der Waals surface area (Å²) in [5, 5.41) is 3.05. The van der Waals surface area contributed by atoms with Crippen LogP contribution in [-0.4, -0.2) is 31.1 Å². The Bertz CT molecular complexity index is 628. The summed E-state index contributed by atoms with van der Waals surface area (Å²) in [6.45, 7) is 7.88. The molecule has 1 aliphatic carbocycles. The van der Waals surface area contributed by atoms with E-state index in [1.165, 1.54) is 13.5 Å². The minimum Gasteiger partial charge on any atom is -0.496 e. The Morgan fingerprint density at radius 3 is 2.64 bits per heavy atom. The lowest BCUT2D eigenvalue weighted by molar-refractivity contribution is -0.130. The van der Waals surface area contributed by atoms with Gasteiger partial charge in [0.25, 0.3) is 5.91 Å². The molecule has 0 bridgehead atoms. The van der Waals surface area contributed by atoms with E-state index in [1.807, 2.05) is 13.0 Å². The lowest BCUT2D eigenvalue weighted by Crippen LogP contribution is -2.47. The second-order valence-electron chi connectivity index (χ2n) is 7.13. The standard InChI is InChI=1S/C20H29NO4/c1-12-9-10-18(24-5)16(11-12)20(23)25-15(4)19(22)21-17-8-6-7-13(2)14(17)3/h9-11,13-15,17H,6-8H2,1-5H3,(H,21,22)/t13-,14-,15+,17+/m0/s1. The lowest BCUT2D eigenvalue weighted by atomic mass is 9.78. The van der Waals surface area contributed by atoms with E-state index in [0.717, 1.165) is 18.4 Å². The van der Waals surface area contributed by atoms with E-state index in [4.69, 9.17) is 9.47 Å². The number of methoxy groups -OCH3 is 1. The molecular weight excluding hydrogens is 318 g/mol. The van der Waals surface area contributed by atoms with Crippen molar-refractivity contribution in [1.82, 2.24) is 5.32 Å². The molecule has 1 aromatic rings. The van der Waals surface area contributed by atoms with Crippen LogP contribution in [0.25, 0.3) is 0 Å². The van der Waals surface area contributed by atoms with Gasteiger partial charge in [-0.2, -0.15) is 0 Å². The first-order valence-electron chi connectivity index (χ1n) is 8.99. The number of aryl methyl sites for hydroxylation is 1. The molecule has 1 amide bonds. The molecule has 138 valence electrons. The van der Waals surface area contributed by atoms with Gasteiger partial charge in [-0.3, -0.25) is 4.79 Å². The molecule has 0 aromatic heterocycles. The maximum absolute atomic E-state index is 12.4. The molecule has 1 aromatic carbocycles. The number of benzene rings is 1. The fourth-order valence-electron chi connectivity index (χ4n) is 3.34. The zero-order valence-electron chi connectivity index (χ0n) is 15.8. The summed E-state index contributed by atoms with van der Waals surface area (Å²) in [6, 6.07) is 5.43. The second-order valence-corrected chi connectivity index (χ2v) is 7.13. The van der Waals surface area contributed by atoms with Crippen molar-refractivity contribution in [2.75, 3.05) is 7.11 Å². The van der Waals surface area contributed by atoms with Gasteiger partial charge in [-0.05, 0) is 44.2 Å². The Balaban J connectivity index is 1.99. The van der Waals surface area contributed by atoms with Crippen molar-refractivity contribution in [2.45, 2.75) is 59.1 Å². The molecule has 1 N–H and O–H groups in total. The average Bonchev–Trinajstić information content (AvgIpc) is 2.58. The van der Waals surface area contributed by atoms with Crippen LogP contribution in [0.2, 0.25) is 0 Å². The van der Waals surface area contributed by atoms with Crippen LogP contribution in [0.15, 0.2) is 18.2 Å². The zero-order chi connectivity index (χ0) is 18.6. The van der Waals surface area contributed by atoms with Crippen molar-refractivity contribution >= 4 is 11.9 Å². The summed E-state index contributed by atoms with van der Waals surface area (Å²) in [6.07, 6.45) is 2.45.